The van der Waals surface area contributed by atoms with Crippen LogP contribution in [0.15, 0.2) is 27.1 Å². The Morgan fingerprint density at radius 2 is 1.88 bits per heavy atom. The summed E-state index contributed by atoms with van der Waals surface area (Å²) in [6.07, 6.45) is -0.0191. The van der Waals surface area contributed by atoms with Gasteiger partial charge in [-0.25, -0.2) is 0 Å². The van der Waals surface area contributed by atoms with Gasteiger partial charge in [0.1, 0.15) is 6.79 Å². The number of hydrogen-bond donors (Lipinski definition) is 0. The molecule has 2 nitrogen and oxygen atoms in total. The molecule has 0 aliphatic carbocycles. The van der Waals surface area contributed by atoms with Crippen molar-refractivity contribution in [2.24, 2.45) is 5.41 Å². The molecule has 0 saturated carbocycles. The fourth-order valence-corrected chi connectivity index (χ4v) is 2.52. The highest BCUT2D eigenvalue weighted by Crippen LogP contribution is 2.41. The minimum absolute atomic E-state index is 0.00183. The molecule has 0 aliphatic heterocycles. The zero-order valence-corrected chi connectivity index (χ0v) is 13.8. The summed E-state index contributed by atoms with van der Waals surface area (Å²) >= 11 is 7.11. The van der Waals surface area contributed by atoms with Crippen molar-refractivity contribution in [2.45, 2.75) is 26.9 Å². The summed E-state index contributed by atoms with van der Waals surface area (Å²) in [6, 6.07) is 6.09. The Kier molecular flexibility index (Phi) is 5.64. The van der Waals surface area contributed by atoms with Crippen LogP contribution in [0.1, 0.15) is 32.4 Å². The average molecular weight is 366 g/mol. The van der Waals surface area contributed by atoms with E-state index in [1.54, 1.807) is 7.11 Å². The topological polar surface area (TPSA) is 18.5 Å². The summed E-state index contributed by atoms with van der Waals surface area (Å²) in [5.41, 5.74) is 1.13. The van der Waals surface area contributed by atoms with E-state index >= 15 is 0 Å². The first kappa shape index (κ1) is 15.2. The first-order chi connectivity index (χ1) is 7.88. The molecule has 0 aliphatic rings. The van der Waals surface area contributed by atoms with Crippen LogP contribution in [-0.2, 0) is 9.47 Å². The highest BCUT2D eigenvalue weighted by Gasteiger charge is 2.29. The van der Waals surface area contributed by atoms with Gasteiger partial charge >= 0.3 is 0 Å². The zero-order chi connectivity index (χ0) is 13.1. The van der Waals surface area contributed by atoms with E-state index in [1.807, 2.05) is 12.1 Å². The Balaban J connectivity index is 3.09. The predicted molar refractivity (Wildman–Crippen MR) is 77.0 cm³/mol. The SMILES string of the molecule is COCOC(c1cccc(Br)c1Br)C(C)(C)C. The van der Waals surface area contributed by atoms with E-state index in [2.05, 4.69) is 58.7 Å². The third-order valence-corrected chi connectivity index (χ3v) is 4.48. The molecule has 1 unspecified atom stereocenters. The fraction of sp³-hybridized carbons (Fsp3) is 0.538. The lowest BCUT2D eigenvalue weighted by Crippen LogP contribution is -2.22. The van der Waals surface area contributed by atoms with Crippen molar-refractivity contribution < 1.29 is 9.47 Å². The Hall–Kier alpha value is 0.1000. The summed E-state index contributed by atoms with van der Waals surface area (Å²) in [5.74, 6) is 0. The summed E-state index contributed by atoms with van der Waals surface area (Å²) in [5, 5.41) is 0. The van der Waals surface area contributed by atoms with Gasteiger partial charge in [-0.2, -0.15) is 0 Å². The van der Waals surface area contributed by atoms with Crippen LogP contribution in [-0.4, -0.2) is 13.9 Å². The van der Waals surface area contributed by atoms with Crippen LogP contribution in [0.4, 0.5) is 0 Å². The first-order valence-corrected chi connectivity index (χ1v) is 7.01. The highest BCUT2D eigenvalue weighted by atomic mass is 79.9. The van der Waals surface area contributed by atoms with Crippen LogP contribution in [0.5, 0.6) is 0 Å². The number of halogens is 2. The van der Waals surface area contributed by atoms with Crippen molar-refractivity contribution in [3.05, 3.63) is 32.7 Å². The number of methoxy groups -OCH3 is 1. The standard InChI is InChI=1S/C13H18Br2O2/c1-13(2,3)12(17-8-16-4)9-6-5-7-10(14)11(9)15/h5-7,12H,8H2,1-4H3. The summed E-state index contributed by atoms with van der Waals surface area (Å²) in [7, 11) is 1.63. The summed E-state index contributed by atoms with van der Waals surface area (Å²) in [4.78, 5) is 0. The molecule has 0 bridgehead atoms. The molecule has 4 heteroatoms. The van der Waals surface area contributed by atoms with Gasteiger partial charge in [-0.1, -0.05) is 32.9 Å². The van der Waals surface area contributed by atoms with Crippen LogP contribution in [0, 0.1) is 5.41 Å². The average Bonchev–Trinajstić information content (AvgIpc) is 2.22. The Labute approximate surface area is 120 Å². The van der Waals surface area contributed by atoms with E-state index in [-0.39, 0.29) is 11.5 Å². The van der Waals surface area contributed by atoms with Gasteiger partial charge < -0.3 is 9.47 Å². The maximum atomic E-state index is 5.80. The van der Waals surface area contributed by atoms with Crippen molar-refractivity contribution in [1.82, 2.24) is 0 Å². The first-order valence-electron chi connectivity index (χ1n) is 5.42. The molecule has 17 heavy (non-hydrogen) atoms. The molecule has 0 radical (unpaired) electrons. The molecule has 0 N–H and O–H groups in total. The van der Waals surface area contributed by atoms with Crippen molar-refractivity contribution in [2.75, 3.05) is 13.9 Å². The molecule has 0 saturated heterocycles. The summed E-state index contributed by atoms with van der Waals surface area (Å²) < 4.78 is 12.9. The van der Waals surface area contributed by atoms with Gasteiger partial charge in [0.25, 0.3) is 0 Å². The maximum Gasteiger partial charge on any atom is 0.147 e. The minimum atomic E-state index is -0.0191. The van der Waals surface area contributed by atoms with E-state index in [4.69, 9.17) is 9.47 Å². The molecule has 0 amide bonds. The Morgan fingerprint density at radius 1 is 1.24 bits per heavy atom. The van der Waals surface area contributed by atoms with Crippen molar-refractivity contribution >= 4 is 31.9 Å². The second kappa shape index (κ2) is 6.32. The lowest BCUT2D eigenvalue weighted by atomic mass is 9.84. The maximum absolute atomic E-state index is 5.80. The zero-order valence-electron chi connectivity index (χ0n) is 10.6. The molecule has 0 heterocycles. The second-order valence-electron chi connectivity index (χ2n) is 4.96. The molecule has 96 valence electrons. The van der Waals surface area contributed by atoms with Gasteiger partial charge in [-0.3, -0.25) is 0 Å². The number of hydrogen-bond acceptors (Lipinski definition) is 2. The van der Waals surface area contributed by atoms with Crippen LogP contribution < -0.4 is 0 Å². The number of rotatable bonds is 4. The minimum Gasteiger partial charge on any atom is -0.359 e. The van der Waals surface area contributed by atoms with Gasteiger partial charge in [0, 0.05) is 16.1 Å². The monoisotopic (exact) mass is 364 g/mol. The van der Waals surface area contributed by atoms with Crippen molar-refractivity contribution in [1.29, 1.82) is 0 Å². The number of ether oxygens (including phenoxy) is 2. The smallest absolute Gasteiger partial charge is 0.147 e. The highest BCUT2D eigenvalue weighted by molar-refractivity contribution is 9.13. The van der Waals surface area contributed by atoms with Gasteiger partial charge in [0.05, 0.1) is 6.10 Å². The lowest BCUT2D eigenvalue weighted by Gasteiger charge is -2.31. The second-order valence-corrected chi connectivity index (χ2v) is 6.61. The van der Waals surface area contributed by atoms with E-state index < -0.39 is 0 Å². The third-order valence-electron chi connectivity index (χ3n) is 2.40. The van der Waals surface area contributed by atoms with E-state index in [9.17, 15) is 0 Å². The molecule has 1 aromatic rings. The largest absolute Gasteiger partial charge is 0.359 e. The third kappa shape index (κ3) is 4.05. The van der Waals surface area contributed by atoms with Crippen molar-refractivity contribution in [3.63, 3.8) is 0 Å². The van der Waals surface area contributed by atoms with Gasteiger partial charge in [-0.05, 0) is 48.9 Å². The quantitative estimate of drug-likeness (QED) is 0.705. The van der Waals surface area contributed by atoms with Gasteiger partial charge in [0.2, 0.25) is 0 Å². The van der Waals surface area contributed by atoms with Crippen LogP contribution in [0.3, 0.4) is 0 Å². The van der Waals surface area contributed by atoms with Crippen LogP contribution in [0.2, 0.25) is 0 Å². The van der Waals surface area contributed by atoms with Crippen LogP contribution in [0.25, 0.3) is 0 Å². The molecular formula is C13H18Br2O2. The van der Waals surface area contributed by atoms with E-state index in [0.717, 1.165) is 14.5 Å². The van der Waals surface area contributed by atoms with E-state index in [1.165, 1.54) is 0 Å². The normalized spacial score (nSPS) is 13.8. The van der Waals surface area contributed by atoms with Gasteiger partial charge in [-0.15, -0.1) is 0 Å². The molecule has 1 aromatic carbocycles. The van der Waals surface area contributed by atoms with E-state index in [0.29, 0.717) is 6.79 Å². The van der Waals surface area contributed by atoms with Crippen molar-refractivity contribution in [3.8, 4) is 0 Å². The molecular weight excluding hydrogens is 348 g/mol. The van der Waals surface area contributed by atoms with Crippen LogP contribution >= 0.6 is 31.9 Å². The molecule has 0 aromatic heterocycles. The Morgan fingerprint density at radius 3 is 2.41 bits per heavy atom. The predicted octanol–water partition coefficient (Wildman–Crippen LogP) is 4.92. The molecule has 1 rings (SSSR count). The number of benzene rings is 1. The van der Waals surface area contributed by atoms with Gasteiger partial charge in [0.15, 0.2) is 0 Å². The lowest BCUT2D eigenvalue weighted by molar-refractivity contribution is -0.110. The fourth-order valence-electron chi connectivity index (χ4n) is 1.67. The summed E-state index contributed by atoms with van der Waals surface area (Å²) in [6.45, 7) is 6.75. The molecule has 0 fully saturated rings. The Bertz CT molecular complexity index is 372. The molecule has 1 atom stereocenters. The molecule has 0 spiro atoms.